The zero-order chi connectivity index (χ0) is 27.9. The summed E-state index contributed by atoms with van der Waals surface area (Å²) in [5.41, 5.74) is 0. The van der Waals surface area contributed by atoms with Crippen LogP contribution in [-0.4, -0.2) is 103 Å². The molecule has 0 aromatic carbocycles. The highest BCUT2D eigenvalue weighted by Crippen LogP contribution is 2.21. The first-order chi connectivity index (χ1) is 16.7. The highest BCUT2D eigenvalue weighted by atomic mass is 16.2. The SMILES string of the molecule is CNC(=O)[C@H](CC(C)C)N(C)C(=O)[C@H](CC(C)C)N(C)C(=O)N[C@H](C)C(=O)N1C(=O)[C@@H](NC)CC1C. The predicted octanol–water partition coefficient (Wildman–Crippen LogP) is 0.786. The fraction of sp³-hybridized carbons (Fsp3) is 0.800. The standard InChI is InChI=1S/C25H46N6O5/c1-14(2)11-19(21(32)27-8)29(9)24(35)20(12-15(3)4)30(10)25(36)28-17(6)22(33)31-16(5)13-18(26-7)23(31)34/h14-20,26H,11-13H2,1-10H3,(H,27,32)(H,28,36)/t16?,17-,18+,19+,20+/m1/s1. The summed E-state index contributed by atoms with van der Waals surface area (Å²) in [5, 5.41) is 8.17. The third-order valence-electron chi connectivity index (χ3n) is 6.68. The highest BCUT2D eigenvalue weighted by Gasteiger charge is 2.42. The molecule has 1 unspecified atom stereocenters. The summed E-state index contributed by atoms with van der Waals surface area (Å²) >= 11 is 0. The van der Waals surface area contributed by atoms with Crippen molar-refractivity contribution in [3.8, 4) is 0 Å². The van der Waals surface area contributed by atoms with E-state index in [1.807, 2.05) is 27.7 Å². The van der Waals surface area contributed by atoms with Crippen LogP contribution < -0.4 is 16.0 Å². The minimum Gasteiger partial charge on any atom is -0.357 e. The van der Waals surface area contributed by atoms with E-state index in [0.717, 1.165) is 0 Å². The van der Waals surface area contributed by atoms with Crippen molar-refractivity contribution in [1.29, 1.82) is 0 Å². The van der Waals surface area contributed by atoms with Crippen LogP contribution in [0.4, 0.5) is 4.79 Å². The Balaban J connectivity index is 3.05. The molecule has 0 bridgehead atoms. The zero-order valence-electron chi connectivity index (χ0n) is 23.5. The van der Waals surface area contributed by atoms with Crippen LogP contribution >= 0.6 is 0 Å². The van der Waals surface area contributed by atoms with Gasteiger partial charge in [-0.1, -0.05) is 27.7 Å². The summed E-state index contributed by atoms with van der Waals surface area (Å²) in [5.74, 6) is -1.16. The van der Waals surface area contributed by atoms with Gasteiger partial charge in [0.1, 0.15) is 18.1 Å². The average molecular weight is 511 g/mol. The zero-order valence-corrected chi connectivity index (χ0v) is 23.5. The van der Waals surface area contributed by atoms with Gasteiger partial charge in [0.05, 0.1) is 6.04 Å². The van der Waals surface area contributed by atoms with Crippen molar-refractivity contribution in [1.82, 2.24) is 30.7 Å². The van der Waals surface area contributed by atoms with Crippen molar-refractivity contribution in [2.24, 2.45) is 11.8 Å². The number of likely N-dealkylation sites (tertiary alicyclic amines) is 1. The van der Waals surface area contributed by atoms with E-state index in [0.29, 0.717) is 19.3 Å². The van der Waals surface area contributed by atoms with Crippen molar-refractivity contribution in [3.63, 3.8) is 0 Å². The van der Waals surface area contributed by atoms with E-state index in [-0.39, 0.29) is 35.6 Å². The predicted molar refractivity (Wildman–Crippen MR) is 138 cm³/mol. The molecular formula is C25H46N6O5. The number of likely N-dealkylation sites (N-methyl/N-ethyl adjacent to an activating group) is 4. The van der Waals surface area contributed by atoms with E-state index in [1.165, 1.54) is 35.7 Å². The highest BCUT2D eigenvalue weighted by molar-refractivity contribution is 6.03. The number of carbonyl (C=O) groups is 5. The lowest BCUT2D eigenvalue weighted by Crippen LogP contribution is -2.58. The normalized spacial score (nSPS) is 20.2. The van der Waals surface area contributed by atoms with Crippen LogP contribution in [0.15, 0.2) is 0 Å². The molecule has 1 aliphatic heterocycles. The number of nitrogens with zero attached hydrogens (tertiary/aromatic N) is 3. The van der Waals surface area contributed by atoms with E-state index in [2.05, 4.69) is 16.0 Å². The second-order valence-corrected chi connectivity index (χ2v) is 10.6. The Bertz CT molecular complexity index is 817. The molecule has 0 aliphatic carbocycles. The monoisotopic (exact) mass is 510 g/mol. The molecule has 206 valence electrons. The summed E-state index contributed by atoms with van der Waals surface area (Å²) in [6, 6.07) is -3.79. The van der Waals surface area contributed by atoms with Gasteiger partial charge >= 0.3 is 6.03 Å². The summed E-state index contributed by atoms with van der Waals surface area (Å²) in [6.07, 6.45) is 1.36. The number of carbonyl (C=O) groups excluding carboxylic acids is 5. The van der Waals surface area contributed by atoms with Crippen molar-refractivity contribution in [3.05, 3.63) is 0 Å². The van der Waals surface area contributed by atoms with Crippen molar-refractivity contribution >= 4 is 29.7 Å². The van der Waals surface area contributed by atoms with Gasteiger partial charge < -0.3 is 25.8 Å². The van der Waals surface area contributed by atoms with E-state index in [4.69, 9.17) is 0 Å². The molecular weight excluding hydrogens is 464 g/mol. The number of hydrogen-bond donors (Lipinski definition) is 3. The molecule has 0 aromatic rings. The van der Waals surface area contributed by atoms with Crippen molar-refractivity contribution < 1.29 is 24.0 Å². The number of amides is 6. The second-order valence-electron chi connectivity index (χ2n) is 10.6. The molecule has 6 amide bonds. The Hall–Kier alpha value is -2.69. The first kappa shape index (κ1) is 31.3. The fourth-order valence-electron chi connectivity index (χ4n) is 4.51. The molecule has 1 aliphatic rings. The van der Waals surface area contributed by atoms with Gasteiger partial charge in [0.15, 0.2) is 0 Å². The molecule has 5 atom stereocenters. The Morgan fingerprint density at radius 1 is 0.944 bits per heavy atom. The maximum Gasteiger partial charge on any atom is 0.318 e. The van der Waals surface area contributed by atoms with Gasteiger partial charge in [-0.3, -0.25) is 24.1 Å². The Morgan fingerprint density at radius 2 is 1.47 bits per heavy atom. The summed E-state index contributed by atoms with van der Waals surface area (Å²) in [4.78, 5) is 68.6. The van der Waals surface area contributed by atoms with Crippen LogP contribution in [0, 0.1) is 11.8 Å². The third kappa shape index (κ3) is 7.65. The molecule has 1 saturated heterocycles. The van der Waals surface area contributed by atoms with E-state index < -0.39 is 36.1 Å². The Morgan fingerprint density at radius 3 is 1.92 bits per heavy atom. The molecule has 0 saturated carbocycles. The van der Waals surface area contributed by atoms with E-state index >= 15 is 0 Å². The van der Waals surface area contributed by atoms with Gasteiger partial charge in [0, 0.05) is 27.2 Å². The molecule has 1 fully saturated rings. The summed E-state index contributed by atoms with van der Waals surface area (Å²) < 4.78 is 0. The third-order valence-corrected chi connectivity index (χ3v) is 6.68. The first-order valence-electron chi connectivity index (χ1n) is 12.7. The van der Waals surface area contributed by atoms with Crippen LogP contribution in [0.3, 0.4) is 0 Å². The van der Waals surface area contributed by atoms with Crippen LogP contribution in [0.5, 0.6) is 0 Å². The Labute approximate surface area is 215 Å². The second kappa shape index (κ2) is 13.6. The number of rotatable bonds is 11. The summed E-state index contributed by atoms with van der Waals surface area (Å²) in [6.45, 7) is 11.2. The number of hydrogen-bond acceptors (Lipinski definition) is 6. The van der Waals surface area contributed by atoms with Crippen molar-refractivity contribution in [2.75, 3.05) is 28.2 Å². The molecule has 0 radical (unpaired) electrons. The molecule has 11 nitrogen and oxygen atoms in total. The average Bonchev–Trinajstić information content (AvgIpc) is 3.10. The lowest BCUT2D eigenvalue weighted by atomic mass is 9.98. The minimum absolute atomic E-state index is 0.0896. The lowest BCUT2D eigenvalue weighted by molar-refractivity contribution is -0.145. The van der Waals surface area contributed by atoms with Crippen LogP contribution in [0.1, 0.15) is 60.8 Å². The van der Waals surface area contributed by atoms with Gasteiger partial charge in [-0.15, -0.1) is 0 Å². The maximum absolute atomic E-state index is 13.5. The fourth-order valence-corrected chi connectivity index (χ4v) is 4.51. The first-order valence-corrected chi connectivity index (χ1v) is 12.7. The van der Waals surface area contributed by atoms with Gasteiger partial charge in [-0.05, 0) is 52.0 Å². The van der Waals surface area contributed by atoms with Gasteiger partial charge in [0.2, 0.25) is 17.7 Å². The molecule has 11 heteroatoms. The van der Waals surface area contributed by atoms with Crippen LogP contribution in [-0.2, 0) is 19.2 Å². The minimum atomic E-state index is -0.964. The number of imide groups is 1. The summed E-state index contributed by atoms with van der Waals surface area (Å²) in [7, 11) is 6.28. The molecule has 0 aromatic heterocycles. The van der Waals surface area contributed by atoms with Gasteiger partial charge in [-0.25, -0.2) is 4.79 Å². The molecule has 1 heterocycles. The Kier molecular flexibility index (Phi) is 11.8. The van der Waals surface area contributed by atoms with Crippen LogP contribution in [0.2, 0.25) is 0 Å². The van der Waals surface area contributed by atoms with Crippen LogP contribution in [0.25, 0.3) is 0 Å². The largest absolute Gasteiger partial charge is 0.357 e. The molecule has 1 rings (SSSR count). The van der Waals surface area contributed by atoms with Crippen molar-refractivity contribution in [2.45, 2.75) is 91.0 Å². The maximum atomic E-state index is 13.5. The number of nitrogens with one attached hydrogen (secondary N) is 3. The molecule has 36 heavy (non-hydrogen) atoms. The number of urea groups is 1. The van der Waals surface area contributed by atoms with E-state index in [1.54, 1.807) is 21.0 Å². The topological polar surface area (TPSA) is 131 Å². The lowest BCUT2D eigenvalue weighted by Gasteiger charge is -2.36. The van der Waals surface area contributed by atoms with Gasteiger partial charge in [0.25, 0.3) is 5.91 Å². The molecule has 3 N–H and O–H groups in total. The smallest absolute Gasteiger partial charge is 0.318 e. The quantitative estimate of drug-likeness (QED) is 0.377. The van der Waals surface area contributed by atoms with Gasteiger partial charge in [-0.2, -0.15) is 0 Å². The molecule has 0 spiro atoms. The van der Waals surface area contributed by atoms with E-state index in [9.17, 15) is 24.0 Å².